The van der Waals surface area contributed by atoms with Gasteiger partial charge in [-0.05, 0) is 96.7 Å². The molecule has 0 saturated heterocycles. The number of carbonyl (C=O) groups is 2. The van der Waals surface area contributed by atoms with Crippen molar-refractivity contribution in [1.82, 2.24) is 32.3 Å². The van der Waals surface area contributed by atoms with Crippen molar-refractivity contribution < 1.29 is 31.2 Å². The molecule has 2 aliphatic carbocycles. The first kappa shape index (κ1) is 44.7. The molecule has 0 N–H and O–H groups in total. The van der Waals surface area contributed by atoms with Crippen LogP contribution in [-0.2, 0) is 29.6 Å². The highest BCUT2D eigenvalue weighted by Gasteiger charge is 2.31. The minimum absolute atomic E-state index is 0.0398. The maximum Gasteiger partial charge on any atom is 0.416 e. The number of carbonyl (C=O) groups excluding carboxylic acids is 2. The first-order valence-corrected chi connectivity index (χ1v) is 24.7. The van der Waals surface area contributed by atoms with E-state index in [1.54, 1.807) is 81.7 Å². The molecule has 1 amide bonds. The van der Waals surface area contributed by atoms with E-state index in [9.17, 15) is 26.4 Å². The molecule has 0 bridgehead atoms. The third-order valence-electron chi connectivity index (χ3n) is 12.0. The summed E-state index contributed by atoms with van der Waals surface area (Å²) in [5.74, 6) is 0.459. The smallest absolute Gasteiger partial charge is 0.416 e. The van der Waals surface area contributed by atoms with E-state index in [1.807, 2.05) is 26.1 Å². The van der Waals surface area contributed by atoms with Crippen LogP contribution >= 0.6 is 0 Å². The Balaban J connectivity index is 0.000000180. The van der Waals surface area contributed by atoms with Crippen molar-refractivity contribution in [2.45, 2.75) is 120 Å². The van der Waals surface area contributed by atoms with Crippen molar-refractivity contribution in [2.75, 3.05) is 11.4 Å². The second kappa shape index (κ2) is 17.9. The number of hydrogen-bond donors (Lipinski definition) is 0. The van der Waals surface area contributed by atoms with E-state index < -0.39 is 31.7 Å². The van der Waals surface area contributed by atoms with Gasteiger partial charge in [-0.2, -0.15) is 0 Å². The zero-order valence-corrected chi connectivity index (χ0v) is 38.5. The van der Waals surface area contributed by atoms with Crippen LogP contribution in [0.25, 0.3) is 28.0 Å². The van der Waals surface area contributed by atoms with Crippen LogP contribution in [-0.4, -0.2) is 73.1 Å². The Hall–Kier alpha value is -5.94. The fraction of sp³-hybridized carbons (Fsp3) is 0.404. The van der Waals surface area contributed by atoms with E-state index in [4.69, 9.17) is 4.74 Å². The lowest BCUT2D eigenvalue weighted by atomic mass is 9.86. The summed E-state index contributed by atoms with van der Waals surface area (Å²) >= 11 is 0. The molecule has 0 aliphatic heterocycles. The van der Waals surface area contributed by atoms with Crippen LogP contribution in [0.15, 0.2) is 101 Å². The second-order valence-corrected chi connectivity index (χ2v) is 21.5. The van der Waals surface area contributed by atoms with Crippen LogP contribution in [0.5, 0.6) is 0 Å². The number of imidazole rings is 1. The fourth-order valence-electron chi connectivity index (χ4n) is 8.54. The van der Waals surface area contributed by atoms with Crippen LogP contribution < -0.4 is 4.90 Å². The van der Waals surface area contributed by atoms with E-state index in [-0.39, 0.29) is 45.0 Å². The number of nitrogens with zero attached hydrogens (tertiary/aromatic N) is 8. The Morgan fingerprint density at radius 2 is 1.23 bits per heavy atom. The summed E-state index contributed by atoms with van der Waals surface area (Å²) in [6.45, 7) is 8.88. The van der Waals surface area contributed by atoms with Crippen molar-refractivity contribution in [1.29, 1.82) is 0 Å². The van der Waals surface area contributed by atoms with Gasteiger partial charge in [0.15, 0.2) is 28.5 Å². The zero-order chi connectivity index (χ0) is 45.4. The quantitative estimate of drug-likeness (QED) is 0.135. The first-order chi connectivity index (χ1) is 30.5. The zero-order valence-electron chi connectivity index (χ0n) is 36.8. The van der Waals surface area contributed by atoms with Gasteiger partial charge in [-0.25, -0.2) is 49.5 Å². The Morgan fingerprint density at radius 3 is 1.83 bits per heavy atom. The number of hydrogen-bond acceptors (Lipinski definition) is 11. The van der Waals surface area contributed by atoms with Crippen LogP contribution in [0, 0.1) is 19.8 Å². The van der Waals surface area contributed by atoms with E-state index in [1.165, 1.54) is 46.6 Å². The largest absolute Gasteiger partial charge is 0.443 e. The van der Waals surface area contributed by atoms with Crippen LogP contribution in [0.4, 0.5) is 10.6 Å². The average molecular weight is 907 g/mol. The molecule has 7 aromatic rings. The SMILES string of the molecule is Cc1ccc(S(=O)(=O)n2ccc3c2ncc2ncc(C4CCCCC4)n23)cc1.Cc1ccc(S(=O)(=O)n2ccc3nc(N(CC(=O)C4CCCCC4)C(=O)OC(C)(C)C)cnc32)cc1. The van der Waals surface area contributed by atoms with Gasteiger partial charge in [0.05, 0.1) is 34.2 Å². The number of Topliss-reactive ketones (excluding diaryl/α,β-unsaturated/α-hetero) is 1. The molecular formula is C47H54N8O7S2. The molecule has 2 fully saturated rings. The van der Waals surface area contributed by atoms with Gasteiger partial charge in [0, 0.05) is 36.1 Å². The molecule has 2 saturated carbocycles. The molecule has 0 spiro atoms. The minimum atomic E-state index is -3.89. The summed E-state index contributed by atoms with van der Waals surface area (Å²) in [7, 11) is -7.60. The normalized spacial score (nSPS) is 15.6. The van der Waals surface area contributed by atoms with E-state index in [0.29, 0.717) is 11.6 Å². The summed E-state index contributed by atoms with van der Waals surface area (Å²) in [6.07, 6.45) is 18.0. The van der Waals surface area contributed by atoms with Gasteiger partial charge >= 0.3 is 6.09 Å². The summed E-state index contributed by atoms with van der Waals surface area (Å²) in [5.41, 5.74) is 4.74. The maximum atomic E-state index is 13.2. The van der Waals surface area contributed by atoms with Crippen molar-refractivity contribution in [3.8, 4) is 0 Å². The van der Waals surface area contributed by atoms with E-state index in [0.717, 1.165) is 76.9 Å². The highest BCUT2D eigenvalue weighted by Crippen LogP contribution is 2.35. The average Bonchev–Trinajstić information content (AvgIpc) is 4.03. The van der Waals surface area contributed by atoms with Crippen LogP contribution in [0.1, 0.15) is 108 Å². The lowest BCUT2D eigenvalue weighted by molar-refractivity contribution is -0.122. The number of anilines is 1. The van der Waals surface area contributed by atoms with Gasteiger partial charge in [0.25, 0.3) is 20.0 Å². The summed E-state index contributed by atoms with van der Waals surface area (Å²) < 4.78 is 62.7. The molecule has 0 unspecified atom stereocenters. The van der Waals surface area contributed by atoms with Gasteiger partial charge in [-0.1, -0.05) is 73.9 Å². The first-order valence-electron chi connectivity index (χ1n) is 21.9. The lowest BCUT2D eigenvalue weighted by Gasteiger charge is -2.28. The molecule has 15 nitrogen and oxygen atoms in total. The minimum Gasteiger partial charge on any atom is -0.443 e. The van der Waals surface area contributed by atoms with Gasteiger partial charge in [-0.3, -0.25) is 14.1 Å². The summed E-state index contributed by atoms with van der Waals surface area (Å²) in [6, 6.07) is 16.8. The van der Waals surface area contributed by atoms with Crippen molar-refractivity contribution >= 4 is 65.7 Å². The number of amides is 1. The summed E-state index contributed by atoms with van der Waals surface area (Å²) in [4.78, 5) is 45.5. The maximum absolute atomic E-state index is 13.2. The second-order valence-electron chi connectivity index (χ2n) is 17.8. The molecule has 336 valence electrons. The number of benzene rings is 2. The molecule has 64 heavy (non-hydrogen) atoms. The van der Waals surface area contributed by atoms with Gasteiger partial charge in [-0.15, -0.1) is 0 Å². The van der Waals surface area contributed by atoms with Gasteiger partial charge in [0.2, 0.25) is 0 Å². The highest BCUT2D eigenvalue weighted by atomic mass is 32.2. The molecule has 17 heteroatoms. The fourth-order valence-corrected chi connectivity index (χ4v) is 11.1. The van der Waals surface area contributed by atoms with E-state index >= 15 is 0 Å². The number of ether oxygens (including phenoxy) is 1. The number of aromatic nitrogens is 7. The molecule has 5 heterocycles. The Bertz CT molecular complexity index is 3050. The van der Waals surface area contributed by atoms with E-state index in [2.05, 4.69) is 24.3 Å². The topological polar surface area (TPSA) is 181 Å². The number of rotatable bonds is 9. The summed E-state index contributed by atoms with van der Waals surface area (Å²) in [5, 5.41) is 0. The monoisotopic (exact) mass is 906 g/mol. The Morgan fingerprint density at radius 1 is 0.688 bits per heavy atom. The third-order valence-corrected chi connectivity index (χ3v) is 15.3. The molecule has 2 aromatic carbocycles. The number of fused-ring (bicyclic) bond motifs is 4. The van der Waals surface area contributed by atoms with Crippen molar-refractivity contribution in [3.05, 3.63) is 108 Å². The molecular weight excluding hydrogens is 853 g/mol. The Kier molecular flexibility index (Phi) is 12.5. The molecule has 2 aliphatic rings. The Labute approximate surface area is 373 Å². The molecule has 0 atom stereocenters. The third kappa shape index (κ3) is 9.18. The standard InChI is InChI=1S/C26H32N4O5S.C21H22N4O2S/c1-18-10-12-20(13-11-18)36(33,34)30-15-14-21-24(30)27-16-23(28-21)29(25(32)35-26(2,3)4)17-22(31)19-8-6-5-7-9-19;1-15-7-9-17(10-8-15)28(26,27)24-12-11-18-21(24)23-14-20-22-13-19(25(18)20)16-5-3-2-4-6-16/h10-16,19H,5-9,17H2,1-4H3;7-14,16H,2-6H2,1H3. The van der Waals surface area contributed by atoms with Gasteiger partial charge in [0.1, 0.15) is 11.1 Å². The molecule has 9 rings (SSSR count). The van der Waals surface area contributed by atoms with Crippen molar-refractivity contribution in [3.63, 3.8) is 0 Å². The predicted octanol–water partition coefficient (Wildman–Crippen LogP) is 9.14. The molecule has 0 radical (unpaired) electrons. The predicted molar refractivity (Wildman–Crippen MR) is 245 cm³/mol. The number of ketones is 1. The lowest BCUT2D eigenvalue weighted by Crippen LogP contribution is -2.42. The highest BCUT2D eigenvalue weighted by molar-refractivity contribution is 7.90. The van der Waals surface area contributed by atoms with Crippen molar-refractivity contribution in [2.24, 2.45) is 5.92 Å². The number of aryl methyl sites for hydroxylation is 2. The molecule has 5 aromatic heterocycles. The van der Waals surface area contributed by atoms with Crippen LogP contribution in [0.3, 0.4) is 0 Å². The van der Waals surface area contributed by atoms with Gasteiger partial charge < -0.3 is 4.74 Å². The van der Waals surface area contributed by atoms with Crippen LogP contribution in [0.2, 0.25) is 0 Å².